The molecule has 0 saturated carbocycles. The van der Waals surface area contributed by atoms with E-state index in [1.54, 1.807) is 11.3 Å². The maximum atomic E-state index is 10.7. The highest BCUT2D eigenvalue weighted by molar-refractivity contribution is 7.09. The van der Waals surface area contributed by atoms with Crippen LogP contribution in [0.1, 0.15) is 23.5 Å². The molecule has 0 radical (unpaired) electrons. The Morgan fingerprint density at radius 1 is 1.71 bits per heavy atom. The summed E-state index contributed by atoms with van der Waals surface area (Å²) < 4.78 is 5.39. The van der Waals surface area contributed by atoms with Crippen LogP contribution < -0.4 is 5.32 Å². The van der Waals surface area contributed by atoms with Gasteiger partial charge in [0, 0.05) is 18.5 Å². The van der Waals surface area contributed by atoms with Gasteiger partial charge in [-0.2, -0.15) is 0 Å². The molecule has 1 aromatic heterocycles. The van der Waals surface area contributed by atoms with Gasteiger partial charge in [-0.25, -0.2) is 9.78 Å². The highest BCUT2D eigenvalue weighted by atomic mass is 32.1. The fourth-order valence-electron chi connectivity index (χ4n) is 1.89. The Bertz CT molecular complexity index is 394. The monoisotopic (exact) mass is 256 g/mol. The van der Waals surface area contributed by atoms with Crippen molar-refractivity contribution in [2.24, 2.45) is 0 Å². The van der Waals surface area contributed by atoms with Crippen molar-refractivity contribution in [3.05, 3.63) is 16.1 Å². The van der Waals surface area contributed by atoms with Crippen LogP contribution in [0.5, 0.6) is 0 Å². The van der Waals surface area contributed by atoms with E-state index < -0.39 is 12.1 Å². The Balaban J connectivity index is 1.68. The summed E-state index contributed by atoms with van der Waals surface area (Å²) in [4.78, 5) is 15.0. The molecule has 2 rings (SSSR count). The van der Waals surface area contributed by atoms with Crippen molar-refractivity contribution in [1.29, 1.82) is 0 Å². The van der Waals surface area contributed by atoms with Crippen LogP contribution in [0.4, 0.5) is 0 Å². The van der Waals surface area contributed by atoms with Gasteiger partial charge in [-0.3, -0.25) is 0 Å². The number of aromatic nitrogens is 1. The second kappa shape index (κ2) is 5.57. The molecule has 5 nitrogen and oxygen atoms in total. The third kappa shape index (κ3) is 3.49. The molecule has 1 aromatic rings. The molecule has 2 unspecified atom stereocenters. The van der Waals surface area contributed by atoms with Crippen molar-refractivity contribution in [2.45, 2.75) is 38.5 Å². The first-order valence-corrected chi connectivity index (χ1v) is 6.53. The number of ether oxygens (including phenoxy) is 1. The number of carboxylic acid groups (broad SMARTS) is 1. The Kier molecular flexibility index (Phi) is 4.09. The van der Waals surface area contributed by atoms with Gasteiger partial charge in [-0.15, -0.1) is 11.3 Å². The van der Waals surface area contributed by atoms with Crippen LogP contribution in [-0.2, 0) is 16.1 Å². The van der Waals surface area contributed by atoms with E-state index >= 15 is 0 Å². The predicted molar refractivity (Wildman–Crippen MR) is 64.1 cm³/mol. The molecule has 0 aliphatic carbocycles. The molecule has 1 aliphatic heterocycles. The highest BCUT2D eigenvalue weighted by Crippen LogP contribution is 2.19. The van der Waals surface area contributed by atoms with Gasteiger partial charge >= 0.3 is 5.97 Å². The van der Waals surface area contributed by atoms with Crippen molar-refractivity contribution < 1.29 is 14.6 Å². The van der Waals surface area contributed by atoms with E-state index in [2.05, 4.69) is 10.3 Å². The number of carbonyl (C=O) groups is 1. The normalized spacial score (nSPS) is 24.1. The number of rotatable bonds is 5. The molecule has 1 fully saturated rings. The second-order valence-corrected chi connectivity index (χ2v) is 5.21. The lowest BCUT2D eigenvalue weighted by Crippen LogP contribution is -2.28. The minimum atomic E-state index is -0.859. The molecule has 2 N–H and O–H groups in total. The van der Waals surface area contributed by atoms with Crippen LogP contribution in [0.2, 0.25) is 0 Å². The minimum Gasteiger partial charge on any atom is -0.479 e. The van der Waals surface area contributed by atoms with Crippen LogP contribution in [-0.4, -0.2) is 34.8 Å². The van der Waals surface area contributed by atoms with Crippen LogP contribution in [0.3, 0.4) is 0 Å². The molecule has 0 bridgehead atoms. The number of thiazole rings is 1. The minimum absolute atomic E-state index is 0.0100. The van der Waals surface area contributed by atoms with Gasteiger partial charge < -0.3 is 15.2 Å². The molecule has 0 spiro atoms. The smallest absolute Gasteiger partial charge is 0.332 e. The Labute approximate surface area is 104 Å². The fourth-order valence-corrected chi connectivity index (χ4v) is 2.50. The van der Waals surface area contributed by atoms with Crippen LogP contribution in [0.15, 0.2) is 5.38 Å². The Hall–Kier alpha value is -0.980. The number of carboxylic acids is 1. The van der Waals surface area contributed by atoms with Gasteiger partial charge in [0.15, 0.2) is 6.10 Å². The van der Waals surface area contributed by atoms with E-state index in [4.69, 9.17) is 9.84 Å². The van der Waals surface area contributed by atoms with E-state index in [1.807, 2.05) is 12.3 Å². The number of aliphatic carboxylic acids is 1. The lowest BCUT2D eigenvalue weighted by atomic mass is 10.2. The van der Waals surface area contributed by atoms with Gasteiger partial charge in [0.25, 0.3) is 0 Å². The summed E-state index contributed by atoms with van der Waals surface area (Å²) in [6.45, 7) is 3.37. The van der Waals surface area contributed by atoms with Gasteiger partial charge in [0.1, 0.15) is 0 Å². The fraction of sp³-hybridized carbons (Fsp3) is 0.636. The standard InChI is InChI=1S/C11H16N2O3S/c1-7-13-8(6-17-7)4-12-5-9-2-3-10(16-9)11(14)15/h6,9-10,12H,2-5H2,1H3,(H,14,15). The first-order chi connectivity index (χ1) is 8.15. The summed E-state index contributed by atoms with van der Waals surface area (Å²) >= 11 is 1.63. The second-order valence-electron chi connectivity index (χ2n) is 4.15. The third-order valence-electron chi connectivity index (χ3n) is 2.73. The largest absolute Gasteiger partial charge is 0.479 e. The average Bonchev–Trinajstić information content (AvgIpc) is 2.88. The van der Waals surface area contributed by atoms with Gasteiger partial charge in [-0.05, 0) is 19.8 Å². The zero-order valence-electron chi connectivity index (χ0n) is 9.68. The summed E-state index contributed by atoms with van der Waals surface area (Å²) in [5.74, 6) is -0.859. The number of hydrogen-bond donors (Lipinski definition) is 2. The zero-order valence-corrected chi connectivity index (χ0v) is 10.5. The average molecular weight is 256 g/mol. The van der Waals surface area contributed by atoms with Gasteiger partial charge in [0.2, 0.25) is 0 Å². The van der Waals surface area contributed by atoms with E-state index in [1.165, 1.54) is 0 Å². The maximum Gasteiger partial charge on any atom is 0.332 e. The highest BCUT2D eigenvalue weighted by Gasteiger charge is 2.29. The predicted octanol–water partition coefficient (Wildman–Crippen LogP) is 1.17. The molecule has 17 heavy (non-hydrogen) atoms. The maximum absolute atomic E-state index is 10.7. The molecular formula is C11H16N2O3S. The molecule has 2 atom stereocenters. The third-order valence-corrected chi connectivity index (χ3v) is 3.55. The number of hydrogen-bond acceptors (Lipinski definition) is 5. The van der Waals surface area contributed by atoms with Crippen LogP contribution in [0.25, 0.3) is 0 Å². The molecule has 6 heteroatoms. The molecular weight excluding hydrogens is 240 g/mol. The number of nitrogens with zero attached hydrogens (tertiary/aromatic N) is 1. The first-order valence-electron chi connectivity index (χ1n) is 5.65. The first kappa shape index (κ1) is 12.5. The van der Waals surface area contributed by atoms with Crippen LogP contribution in [0, 0.1) is 6.92 Å². The molecule has 0 aromatic carbocycles. The topological polar surface area (TPSA) is 71.5 Å². The summed E-state index contributed by atoms with van der Waals surface area (Å²) in [6.07, 6.45) is 0.802. The molecule has 1 saturated heterocycles. The summed E-state index contributed by atoms with van der Waals surface area (Å²) in [7, 11) is 0. The number of aryl methyl sites for hydroxylation is 1. The van der Waals surface area contributed by atoms with Crippen molar-refractivity contribution in [1.82, 2.24) is 10.3 Å². The Morgan fingerprint density at radius 2 is 2.53 bits per heavy atom. The van der Waals surface area contributed by atoms with E-state index in [9.17, 15) is 4.79 Å². The molecule has 1 aliphatic rings. The van der Waals surface area contributed by atoms with E-state index in [-0.39, 0.29) is 6.10 Å². The van der Waals surface area contributed by atoms with Crippen LogP contribution >= 0.6 is 11.3 Å². The summed E-state index contributed by atoms with van der Waals surface area (Å²) in [5, 5.41) is 15.1. The quantitative estimate of drug-likeness (QED) is 0.827. The SMILES string of the molecule is Cc1nc(CNCC2CCC(C(=O)O)O2)cs1. The van der Waals surface area contributed by atoms with E-state index in [0.29, 0.717) is 19.5 Å². The van der Waals surface area contributed by atoms with E-state index in [0.717, 1.165) is 17.1 Å². The van der Waals surface area contributed by atoms with Gasteiger partial charge in [-0.1, -0.05) is 0 Å². The summed E-state index contributed by atoms with van der Waals surface area (Å²) in [6, 6.07) is 0. The molecule has 0 amide bonds. The van der Waals surface area contributed by atoms with Crippen molar-refractivity contribution in [2.75, 3.05) is 6.54 Å². The van der Waals surface area contributed by atoms with Crippen molar-refractivity contribution in [3.63, 3.8) is 0 Å². The van der Waals surface area contributed by atoms with Gasteiger partial charge in [0.05, 0.1) is 16.8 Å². The number of nitrogens with one attached hydrogen (secondary N) is 1. The lowest BCUT2D eigenvalue weighted by Gasteiger charge is -2.11. The molecule has 94 valence electrons. The van der Waals surface area contributed by atoms with Crippen molar-refractivity contribution >= 4 is 17.3 Å². The Morgan fingerprint density at radius 3 is 3.12 bits per heavy atom. The van der Waals surface area contributed by atoms with Crippen molar-refractivity contribution in [3.8, 4) is 0 Å². The lowest BCUT2D eigenvalue weighted by molar-refractivity contribution is -0.149. The summed E-state index contributed by atoms with van der Waals surface area (Å²) in [5.41, 5.74) is 1.03. The zero-order chi connectivity index (χ0) is 12.3. The molecule has 2 heterocycles.